The van der Waals surface area contributed by atoms with Gasteiger partial charge in [0.05, 0.1) is 6.54 Å². The molecule has 0 radical (unpaired) electrons. The van der Waals surface area contributed by atoms with Crippen molar-refractivity contribution in [1.29, 1.82) is 0 Å². The monoisotopic (exact) mass is 292 g/mol. The molecule has 13 heavy (non-hydrogen) atoms. The van der Waals surface area contributed by atoms with Crippen molar-refractivity contribution in [3.8, 4) is 9.85 Å². The zero-order valence-corrected chi connectivity index (χ0v) is 9.51. The Morgan fingerprint density at radius 2 is 2.15 bits per heavy atom. The Bertz CT molecular complexity index is 314. The van der Waals surface area contributed by atoms with Crippen LogP contribution in [0.5, 0.6) is 0 Å². The predicted molar refractivity (Wildman–Crippen MR) is 56.1 cm³/mol. The normalized spacial score (nSPS) is 19.5. The van der Waals surface area contributed by atoms with E-state index in [9.17, 15) is 9.59 Å². The molecule has 0 saturated carbocycles. The molecule has 5 heteroatoms. The summed E-state index contributed by atoms with van der Waals surface area (Å²) in [7, 11) is 0. The number of hydrogen-bond acceptors (Lipinski definition) is 2. The lowest BCUT2D eigenvalue weighted by molar-refractivity contribution is -0.129. The minimum Gasteiger partial charge on any atom is -0.324 e. The van der Waals surface area contributed by atoms with Gasteiger partial charge in [0, 0.05) is 22.6 Å². The Kier molecular flexibility index (Phi) is 2.81. The van der Waals surface area contributed by atoms with Crippen molar-refractivity contribution in [3.05, 3.63) is 0 Å². The first-order chi connectivity index (χ1) is 5.99. The molecule has 70 valence electrons. The van der Waals surface area contributed by atoms with Gasteiger partial charge in [0.15, 0.2) is 0 Å². The zero-order valence-electron chi connectivity index (χ0n) is 7.35. The maximum atomic E-state index is 11.5. The minimum absolute atomic E-state index is 0.164. The van der Waals surface area contributed by atoms with Crippen molar-refractivity contribution in [3.63, 3.8) is 0 Å². The Morgan fingerprint density at radius 3 is 2.54 bits per heavy atom. The molecule has 1 fully saturated rings. The van der Waals surface area contributed by atoms with Gasteiger partial charge in [0.25, 0.3) is 5.91 Å². The Hall–Kier alpha value is -0.770. The Balaban J connectivity index is 2.81. The van der Waals surface area contributed by atoms with Gasteiger partial charge in [-0.15, -0.1) is 0 Å². The fourth-order valence-electron chi connectivity index (χ4n) is 1.07. The Labute approximate surface area is 90.2 Å². The molecule has 0 aromatic rings. The van der Waals surface area contributed by atoms with Crippen LogP contribution in [0.25, 0.3) is 0 Å². The van der Waals surface area contributed by atoms with Gasteiger partial charge < -0.3 is 5.32 Å². The van der Waals surface area contributed by atoms with Crippen molar-refractivity contribution in [2.45, 2.75) is 19.4 Å². The summed E-state index contributed by atoms with van der Waals surface area (Å²) < 4.78 is 2.61. The van der Waals surface area contributed by atoms with E-state index < -0.39 is 5.54 Å². The van der Waals surface area contributed by atoms with Crippen molar-refractivity contribution < 1.29 is 9.59 Å². The highest BCUT2D eigenvalue weighted by molar-refractivity contribution is 14.1. The highest BCUT2D eigenvalue weighted by Gasteiger charge is 2.43. The summed E-state index contributed by atoms with van der Waals surface area (Å²) in [6.07, 6.45) is 0. The maximum Gasteiger partial charge on any atom is 0.325 e. The molecule has 0 unspecified atom stereocenters. The van der Waals surface area contributed by atoms with Crippen molar-refractivity contribution in [1.82, 2.24) is 10.2 Å². The van der Waals surface area contributed by atoms with Crippen LogP contribution in [0, 0.1) is 9.85 Å². The second kappa shape index (κ2) is 3.54. The molecule has 4 nitrogen and oxygen atoms in total. The SMILES string of the molecule is CC1(C)NC(=O)N(CC#CI)C1=O. The molecule has 0 aromatic carbocycles. The lowest BCUT2D eigenvalue weighted by Crippen LogP contribution is -2.40. The van der Waals surface area contributed by atoms with Gasteiger partial charge in [-0.05, 0) is 17.8 Å². The van der Waals surface area contributed by atoms with Gasteiger partial charge in [-0.1, -0.05) is 5.92 Å². The molecule has 0 aromatic heterocycles. The molecule has 1 heterocycles. The average molecular weight is 292 g/mol. The van der Waals surface area contributed by atoms with Gasteiger partial charge in [-0.2, -0.15) is 0 Å². The van der Waals surface area contributed by atoms with E-state index in [1.807, 2.05) is 22.6 Å². The summed E-state index contributed by atoms with van der Waals surface area (Å²) in [6.45, 7) is 3.51. The second-order valence-electron chi connectivity index (χ2n) is 3.22. The molecule has 1 saturated heterocycles. The van der Waals surface area contributed by atoms with Gasteiger partial charge in [-0.3, -0.25) is 9.69 Å². The molecule has 0 atom stereocenters. The number of amides is 3. The highest BCUT2D eigenvalue weighted by Crippen LogP contribution is 2.15. The number of nitrogens with zero attached hydrogens (tertiary/aromatic N) is 1. The first-order valence-electron chi connectivity index (χ1n) is 3.71. The van der Waals surface area contributed by atoms with Gasteiger partial charge >= 0.3 is 6.03 Å². The van der Waals surface area contributed by atoms with E-state index in [1.165, 1.54) is 0 Å². The molecule has 0 bridgehead atoms. The molecule has 3 amide bonds. The number of urea groups is 1. The standard InChI is InChI=1S/C8H9IN2O2/c1-8(2)6(12)11(5-3-4-9)7(13)10-8/h5H2,1-2H3,(H,10,13). The number of carbonyl (C=O) groups is 2. The van der Waals surface area contributed by atoms with Gasteiger partial charge in [0.1, 0.15) is 5.54 Å². The van der Waals surface area contributed by atoms with E-state index in [2.05, 4.69) is 15.2 Å². The van der Waals surface area contributed by atoms with Crippen LogP contribution < -0.4 is 5.32 Å². The van der Waals surface area contributed by atoms with Crippen LogP contribution in [0.1, 0.15) is 13.8 Å². The number of carbonyl (C=O) groups excluding carboxylic acids is 2. The molecule has 1 aliphatic rings. The molecule has 1 aliphatic heterocycles. The van der Waals surface area contributed by atoms with Crippen LogP contribution in [0.15, 0.2) is 0 Å². The molecule has 0 spiro atoms. The van der Waals surface area contributed by atoms with E-state index in [0.717, 1.165) is 4.90 Å². The predicted octanol–water partition coefficient (Wildman–Crippen LogP) is 0.713. The van der Waals surface area contributed by atoms with Crippen LogP contribution in [0.4, 0.5) is 4.79 Å². The fourth-order valence-corrected chi connectivity index (χ4v) is 1.24. The lowest BCUT2D eigenvalue weighted by atomic mass is 10.1. The van der Waals surface area contributed by atoms with E-state index in [1.54, 1.807) is 13.8 Å². The average Bonchev–Trinajstić information content (AvgIpc) is 2.21. The van der Waals surface area contributed by atoms with Crippen molar-refractivity contribution in [2.24, 2.45) is 0 Å². The summed E-state index contributed by atoms with van der Waals surface area (Å²) in [6, 6.07) is -0.367. The van der Waals surface area contributed by atoms with E-state index in [4.69, 9.17) is 0 Å². The van der Waals surface area contributed by atoms with Crippen LogP contribution >= 0.6 is 22.6 Å². The van der Waals surface area contributed by atoms with E-state index in [-0.39, 0.29) is 18.5 Å². The Morgan fingerprint density at radius 1 is 1.54 bits per heavy atom. The molecular weight excluding hydrogens is 283 g/mol. The zero-order chi connectivity index (χ0) is 10.1. The number of halogens is 1. The fraction of sp³-hybridized carbons (Fsp3) is 0.500. The summed E-state index contributed by atoms with van der Waals surface area (Å²) in [5.74, 6) is 2.44. The molecule has 1 N–H and O–H groups in total. The number of rotatable bonds is 1. The van der Waals surface area contributed by atoms with Crippen molar-refractivity contribution in [2.75, 3.05) is 6.54 Å². The summed E-state index contributed by atoms with van der Waals surface area (Å²) in [5, 5.41) is 2.57. The quantitative estimate of drug-likeness (QED) is 0.440. The van der Waals surface area contributed by atoms with E-state index >= 15 is 0 Å². The molecule has 0 aliphatic carbocycles. The smallest absolute Gasteiger partial charge is 0.324 e. The minimum atomic E-state index is -0.788. The van der Waals surface area contributed by atoms with Crippen LogP contribution in [-0.2, 0) is 4.79 Å². The van der Waals surface area contributed by atoms with Gasteiger partial charge in [0.2, 0.25) is 0 Å². The maximum absolute atomic E-state index is 11.5. The second-order valence-corrected chi connectivity index (χ2v) is 3.76. The van der Waals surface area contributed by atoms with Crippen LogP contribution in [-0.4, -0.2) is 28.9 Å². The number of nitrogens with one attached hydrogen (secondary N) is 1. The molecular formula is C8H9IN2O2. The molecule has 1 rings (SSSR count). The van der Waals surface area contributed by atoms with Crippen molar-refractivity contribution >= 4 is 34.5 Å². The third-order valence-electron chi connectivity index (χ3n) is 1.75. The lowest BCUT2D eigenvalue weighted by Gasteiger charge is -2.13. The summed E-state index contributed by atoms with van der Waals surface area (Å²) >= 11 is 1.87. The highest BCUT2D eigenvalue weighted by atomic mass is 127. The van der Waals surface area contributed by atoms with E-state index in [0.29, 0.717) is 0 Å². The largest absolute Gasteiger partial charge is 0.325 e. The third kappa shape index (κ3) is 1.94. The first kappa shape index (κ1) is 10.3. The van der Waals surface area contributed by atoms with Crippen LogP contribution in [0.3, 0.4) is 0 Å². The summed E-state index contributed by atoms with van der Waals surface area (Å²) in [4.78, 5) is 23.9. The first-order valence-corrected chi connectivity index (χ1v) is 4.79. The van der Waals surface area contributed by atoms with Crippen LogP contribution in [0.2, 0.25) is 0 Å². The summed E-state index contributed by atoms with van der Waals surface area (Å²) in [5.41, 5.74) is -0.788. The number of imide groups is 1. The van der Waals surface area contributed by atoms with Gasteiger partial charge in [-0.25, -0.2) is 4.79 Å². The third-order valence-corrected chi connectivity index (χ3v) is 2.13. The topological polar surface area (TPSA) is 49.4 Å². The number of hydrogen-bond donors (Lipinski definition) is 1.